The van der Waals surface area contributed by atoms with Crippen molar-refractivity contribution in [1.29, 1.82) is 0 Å². The monoisotopic (exact) mass is 253 g/mol. The van der Waals surface area contributed by atoms with Gasteiger partial charge in [-0.2, -0.15) is 4.37 Å². The summed E-state index contributed by atoms with van der Waals surface area (Å²) in [5, 5.41) is 4.56. The summed E-state index contributed by atoms with van der Waals surface area (Å²) in [4.78, 5) is 4.49. The van der Waals surface area contributed by atoms with Crippen LogP contribution in [0, 0.1) is 5.92 Å². The van der Waals surface area contributed by atoms with Crippen molar-refractivity contribution in [2.45, 2.75) is 51.2 Å². The normalized spacial score (nSPS) is 32.4. The first-order valence-corrected chi connectivity index (χ1v) is 7.35. The van der Waals surface area contributed by atoms with Crippen molar-refractivity contribution in [3.05, 3.63) is 5.82 Å². The molecule has 0 bridgehead atoms. The number of hydrogen-bond acceptors (Lipinski definition) is 5. The summed E-state index contributed by atoms with van der Waals surface area (Å²) >= 11 is 1.49. The lowest BCUT2D eigenvalue weighted by molar-refractivity contribution is 0.0620. The average Bonchev–Trinajstić information content (AvgIpc) is 2.97. The number of aromatic nitrogens is 2. The van der Waals surface area contributed by atoms with Crippen LogP contribution >= 0.6 is 11.5 Å². The lowest BCUT2D eigenvalue weighted by Gasteiger charge is -2.32. The minimum absolute atomic E-state index is 0.486. The summed E-state index contributed by atoms with van der Waals surface area (Å²) in [5.74, 6) is 1.63. The van der Waals surface area contributed by atoms with E-state index in [1.165, 1.54) is 37.2 Å². The molecule has 0 amide bonds. The van der Waals surface area contributed by atoms with E-state index in [9.17, 15) is 0 Å². The van der Waals surface area contributed by atoms with Gasteiger partial charge >= 0.3 is 0 Å². The second-order valence-corrected chi connectivity index (χ2v) is 5.66. The van der Waals surface area contributed by atoms with E-state index in [1.54, 1.807) is 0 Å². The second-order valence-electron chi connectivity index (χ2n) is 4.91. The molecule has 1 saturated heterocycles. The largest absolute Gasteiger partial charge is 0.378 e. The van der Waals surface area contributed by atoms with Gasteiger partial charge in [0.05, 0.1) is 6.10 Å². The molecule has 0 aromatic carbocycles. The van der Waals surface area contributed by atoms with Gasteiger partial charge in [-0.25, -0.2) is 4.98 Å². The van der Waals surface area contributed by atoms with Gasteiger partial charge in [0.25, 0.3) is 0 Å². The minimum atomic E-state index is 0.486. The third kappa shape index (κ3) is 2.31. The molecule has 4 nitrogen and oxygen atoms in total. The van der Waals surface area contributed by atoms with Crippen LogP contribution in [0.25, 0.3) is 0 Å². The van der Waals surface area contributed by atoms with Gasteiger partial charge in [-0.05, 0) is 25.7 Å². The molecule has 1 aromatic rings. The highest BCUT2D eigenvalue weighted by molar-refractivity contribution is 7.09. The molecule has 1 saturated carbocycles. The first kappa shape index (κ1) is 11.4. The Morgan fingerprint density at radius 3 is 3.18 bits per heavy atom. The minimum Gasteiger partial charge on any atom is -0.378 e. The second kappa shape index (κ2) is 4.90. The first-order valence-electron chi connectivity index (χ1n) is 6.57. The predicted octanol–water partition coefficient (Wildman–Crippen LogP) is 2.47. The maximum atomic E-state index is 5.78. The van der Waals surface area contributed by atoms with Crippen LogP contribution in [0.2, 0.25) is 0 Å². The maximum absolute atomic E-state index is 5.78. The van der Waals surface area contributed by atoms with E-state index in [0.29, 0.717) is 18.1 Å². The molecule has 1 aliphatic carbocycles. The van der Waals surface area contributed by atoms with Crippen molar-refractivity contribution >= 4 is 16.7 Å². The van der Waals surface area contributed by atoms with E-state index < -0.39 is 0 Å². The highest BCUT2D eigenvalue weighted by atomic mass is 32.1. The van der Waals surface area contributed by atoms with E-state index in [4.69, 9.17) is 4.74 Å². The molecule has 2 aliphatic rings. The van der Waals surface area contributed by atoms with Crippen molar-refractivity contribution in [2.75, 3.05) is 11.9 Å². The smallest absolute Gasteiger partial charge is 0.202 e. The molecule has 1 N–H and O–H groups in total. The van der Waals surface area contributed by atoms with Crippen molar-refractivity contribution in [3.8, 4) is 0 Å². The highest BCUT2D eigenvalue weighted by Crippen LogP contribution is 2.36. The molecule has 1 aliphatic heterocycles. The Labute approximate surface area is 106 Å². The third-order valence-corrected chi connectivity index (χ3v) is 4.56. The fraction of sp³-hybridized carbons (Fsp3) is 0.833. The van der Waals surface area contributed by atoms with Crippen LogP contribution in [0.5, 0.6) is 0 Å². The Bertz CT molecular complexity index is 382. The van der Waals surface area contributed by atoms with Crippen LogP contribution in [0.15, 0.2) is 0 Å². The number of ether oxygens (including phenoxy) is 1. The Morgan fingerprint density at radius 2 is 2.35 bits per heavy atom. The average molecular weight is 253 g/mol. The summed E-state index contributed by atoms with van der Waals surface area (Å²) in [6.07, 6.45) is 6.34. The number of aryl methyl sites for hydroxylation is 1. The number of fused-ring (bicyclic) bond motifs is 1. The van der Waals surface area contributed by atoms with Crippen LogP contribution < -0.4 is 5.32 Å². The Hall–Kier alpha value is -0.680. The topological polar surface area (TPSA) is 47.0 Å². The van der Waals surface area contributed by atoms with Crippen LogP contribution in [0.3, 0.4) is 0 Å². The fourth-order valence-electron chi connectivity index (χ4n) is 2.97. The Balaban J connectivity index is 1.67. The molecule has 3 rings (SSSR count). The molecule has 0 radical (unpaired) electrons. The molecule has 2 fully saturated rings. The molecule has 94 valence electrons. The van der Waals surface area contributed by atoms with Crippen molar-refractivity contribution in [1.82, 2.24) is 9.36 Å². The van der Waals surface area contributed by atoms with Gasteiger partial charge in [-0.1, -0.05) is 6.92 Å². The molecule has 3 atom stereocenters. The molecule has 17 heavy (non-hydrogen) atoms. The third-order valence-electron chi connectivity index (χ3n) is 3.87. The standard InChI is InChI=1S/C12H19N3OS/c1-2-11-14-12(17-15-11)13-9-4-3-5-10-8(9)6-7-16-10/h8-10H,2-7H2,1H3,(H,13,14,15)/t8-,9+,10+/m0/s1. The molecular weight excluding hydrogens is 234 g/mol. The van der Waals surface area contributed by atoms with Crippen molar-refractivity contribution in [2.24, 2.45) is 5.92 Å². The number of anilines is 1. The van der Waals surface area contributed by atoms with Crippen LogP contribution in [0.1, 0.15) is 38.4 Å². The van der Waals surface area contributed by atoms with Crippen molar-refractivity contribution in [3.63, 3.8) is 0 Å². The fourth-order valence-corrected chi connectivity index (χ4v) is 3.68. The number of nitrogens with one attached hydrogen (secondary N) is 1. The van der Waals surface area contributed by atoms with E-state index in [0.717, 1.165) is 24.0 Å². The summed E-state index contributed by atoms with van der Waals surface area (Å²) in [6, 6.07) is 0.536. The highest BCUT2D eigenvalue weighted by Gasteiger charge is 2.37. The van der Waals surface area contributed by atoms with Crippen LogP contribution in [0.4, 0.5) is 5.13 Å². The van der Waals surface area contributed by atoms with Gasteiger partial charge < -0.3 is 10.1 Å². The van der Waals surface area contributed by atoms with Crippen LogP contribution in [-0.4, -0.2) is 28.1 Å². The quantitative estimate of drug-likeness (QED) is 0.899. The summed E-state index contributed by atoms with van der Waals surface area (Å²) < 4.78 is 10.1. The summed E-state index contributed by atoms with van der Waals surface area (Å²) in [6.45, 7) is 3.02. The molecular formula is C12H19N3OS. The zero-order valence-corrected chi connectivity index (χ0v) is 11.0. The molecule has 5 heteroatoms. The van der Waals surface area contributed by atoms with Gasteiger partial charge in [0, 0.05) is 36.5 Å². The lowest BCUT2D eigenvalue weighted by Crippen LogP contribution is -2.38. The maximum Gasteiger partial charge on any atom is 0.202 e. The van der Waals surface area contributed by atoms with E-state index in [-0.39, 0.29) is 0 Å². The van der Waals surface area contributed by atoms with E-state index >= 15 is 0 Å². The molecule has 1 aromatic heterocycles. The predicted molar refractivity (Wildman–Crippen MR) is 68.4 cm³/mol. The Morgan fingerprint density at radius 1 is 1.41 bits per heavy atom. The molecule has 0 spiro atoms. The molecule has 0 unspecified atom stereocenters. The zero-order valence-electron chi connectivity index (χ0n) is 10.2. The zero-order chi connectivity index (χ0) is 11.7. The van der Waals surface area contributed by atoms with Gasteiger partial charge in [-0.15, -0.1) is 0 Å². The summed E-state index contributed by atoms with van der Waals surface area (Å²) in [7, 11) is 0. The number of rotatable bonds is 3. The lowest BCUT2D eigenvalue weighted by atomic mass is 9.82. The van der Waals surface area contributed by atoms with Gasteiger partial charge in [0.1, 0.15) is 5.82 Å². The molecule has 2 heterocycles. The number of nitrogens with zero attached hydrogens (tertiary/aromatic N) is 2. The summed E-state index contributed by atoms with van der Waals surface area (Å²) in [5.41, 5.74) is 0. The SMILES string of the molecule is CCc1nsc(N[C@@H]2CCC[C@H]3OCC[C@@H]23)n1. The van der Waals surface area contributed by atoms with Gasteiger partial charge in [0.2, 0.25) is 5.13 Å². The number of hydrogen-bond donors (Lipinski definition) is 1. The van der Waals surface area contributed by atoms with Gasteiger partial charge in [0.15, 0.2) is 0 Å². The van der Waals surface area contributed by atoms with Crippen LogP contribution in [-0.2, 0) is 11.2 Å². The Kier molecular flexibility index (Phi) is 3.29. The van der Waals surface area contributed by atoms with Crippen molar-refractivity contribution < 1.29 is 4.74 Å². The van der Waals surface area contributed by atoms with Gasteiger partial charge in [-0.3, -0.25) is 0 Å². The van der Waals surface area contributed by atoms with E-state index in [1.807, 2.05) is 0 Å². The first-order chi connectivity index (χ1) is 8.36. The van der Waals surface area contributed by atoms with E-state index in [2.05, 4.69) is 21.6 Å².